The molecule has 0 saturated carbocycles. The lowest BCUT2D eigenvalue weighted by Gasteiger charge is -2.21. The Morgan fingerprint density at radius 2 is 2.06 bits per heavy atom. The van der Waals surface area contributed by atoms with Crippen LogP contribution in [0.25, 0.3) is 16.6 Å². The molecule has 0 aliphatic carbocycles. The van der Waals surface area contributed by atoms with Crippen molar-refractivity contribution in [3.63, 3.8) is 0 Å². The predicted octanol–water partition coefficient (Wildman–Crippen LogP) is 1.59. The van der Waals surface area contributed by atoms with E-state index in [0.717, 1.165) is 17.5 Å². The number of carbonyl (C=O) groups excluding carboxylic acids is 1. The van der Waals surface area contributed by atoms with Gasteiger partial charge in [-0.1, -0.05) is 13.3 Å². The number of nitrogens with two attached hydrogens (primary N) is 1. The summed E-state index contributed by atoms with van der Waals surface area (Å²) >= 11 is 0. The van der Waals surface area contributed by atoms with E-state index in [9.17, 15) is 13.2 Å². The predicted molar refractivity (Wildman–Crippen MR) is 121 cm³/mol. The van der Waals surface area contributed by atoms with E-state index >= 15 is 0 Å². The number of hydrogen-bond donors (Lipinski definition) is 2. The molecule has 0 unspecified atom stereocenters. The average Bonchev–Trinajstić information content (AvgIpc) is 3.38. The zero-order chi connectivity index (χ0) is 23.0. The van der Waals surface area contributed by atoms with Crippen molar-refractivity contribution in [1.82, 2.24) is 18.9 Å². The van der Waals surface area contributed by atoms with Crippen LogP contribution in [-0.4, -0.2) is 65.7 Å². The van der Waals surface area contributed by atoms with Crippen molar-refractivity contribution in [3.8, 4) is 17.0 Å². The van der Waals surface area contributed by atoms with Crippen LogP contribution in [0.4, 0.5) is 5.69 Å². The number of aromatic nitrogens is 3. The van der Waals surface area contributed by atoms with Crippen LogP contribution in [0, 0.1) is 5.92 Å². The molecule has 1 aliphatic rings. The summed E-state index contributed by atoms with van der Waals surface area (Å²) in [4.78, 5) is 16.4. The molecule has 0 bridgehead atoms. The molecule has 32 heavy (non-hydrogen) atoms. The van der Waals surface area contributed by atoms with Gasteiger partial charge < -0.3 is 15.8 Å². The molecular formula is C21H26N6O4S. The van der Waals surface area contributed by atoms with Crippen LogP contribution in [0.15, 0.2) is 36.8 Å². The number of fused-ring (bicyclic) bond motifs is 1. The quantitative estimate of drug-likeness (QED) is 0.549. The molecule has 0 radical (unpaired) electrons. The van der Waals surface area contributed by atoms with Gasteiger partial charge in [0.2, 0.25) is 15.9 Å². The maximum absolute atomic E-state index is 12.2. The first kappa shape index (κ1) is 22.0. The lowest BCUT2D eigenvalue weighted by molar-refractivity contribution is 0.100. The van der Waals surface area contributed by atoms with Gasteiger partial charge in [-0.25, -0.2) is 17.9 Å². The zero-order valence-corrected chi connectivity index (χ0v) is 19.0. The fourth-order valence-electron chi connectivity index (χ4n) is 4.09. The largest absolute Gasteiger partial charge is 0.481 e. The molecule has 10 nitrogen and oxygen atoms in total. The van der Waals surface area contributed by atoms with Crippen molar-refractivity contribution < 1.29 is 17.9 Å². The summed E-state index contributed by atoms with van der Waals surface area (Å²) < 4.78 is 32.4. The Kier molecular flexibility index (Phi) is 5.78. The summed E-state index contributed by atoms with van der Waals surface area (Å²) in [5.74, 6) is -0.00227. The fraction of sp³-hybridized carbons (Fsp3) is 0.381. The Morgan fingerprint density at radius 3 is 2.66 bits per heavy atom. The van der Waals surface area contributed by atoms with Gasteiger partial charge in [0.1, 0.15) is 0 Å². The van der Waals surface area contributed by atoms with Gasteiger partial charge in [0.05, 0.1) is 36.3 Å². The van der Waals surface area contributed by atoms with Crippen LogP contribution in [0.3, 0.4) is 0 Å². The molecule has 170 valence electrons. The number of ether oxygens (including phenoxy) is 1. The van der Waals surface area contributed by atoms with Crippen molar-refractivity contribution in [2.45, 2.75) is 19.4 Å². The lowest BCUT2D eigenvalue weighted by atomic mass is 10.00. The number of nitrogens with zero attached hydrogens (tertiary/aromatic N) is 4. The second-order valence-electron chi connectivity index (χ2n) is 7.94. The Balaban J connectivity index is 1.75. The number of amides is 1. The van der Waals surface area contributed by atoms with Crippen LogP contribution in [0.5, 0.6) is 5.88 Å². The average molecular weight is 459 g/mol. The van der Waals surface area contributed by atoms with Gasteiger partial charge in [-0.15, -0.1) is 0 Å². The molecule has 2 atom stereocenters. The standard InChI is InChI=1S/C21H26N6O4S/c1-4-13-10-26(32(3,29)30)12-17(13)25-20-16(21(22)28)9-24-27-11-15(7-18(20)27)14-5-6-19(31-2)23-8-14/h5-9,11,13,17,25H,4,10,12H2,1-3H3,(H2,22,28)/t13-,17+/m0/s1. The third-order valence-electron chi connectivity index (χ3n) is 5.91. The number of rotatable bonds is 7. The molecule has 0 spiro atoms. The molecule has 1 amide bonds. The molecule has 4 rings (SSSR count). The molecule has 4 heterocycles. The summed E-state index contributed by atoms with van der Waals surface area (Å²) in [5.41, 5.74) is 8.81. The molecule has 1 saturated heterocycles. The van der Waals surface area contributed by atoms with E-state index in [2.05, 4.69) is 15.4 Å². The van der Waals surface area contributed by atoms with Gasteiger partial charge in [-0.2, -0.15) is 9.40 Å². The number of pyridine rings is 1. The second-order valence-corrected chi connectivity index (χ2v) is 9.93. The number of anilines is 1. The van der Waals surface area contributed by atoms with Gasteiger partial charge in [0, 0.05) is 48.7 Å². The smallest absolute Gasteiger partial charge is 0.252 e. The molecule has 3 aromatic heterocycles. The van der Waals surface area contributed by atoms with E-state index in [1.54, 1.807) is 23.9 Å². The van der Waals surface area contributed by atoms with Crippen LogP contribution < -0.4 is 15.8 Å². The zero-order valence-electron chi connectivity index (χ0n) is 18.1. The maximum atomic E-state index is 12.2. The molecule has 1 aliphatic heterocycles. The Hall–Kier alpha value is -3.18. The van der Waals surface area contributed by atoms with Crippen LogP contribution in [-0.2, 0) is 10.0 Å². The first-order chi connectivity index (χ1) is 15.2. The van der Waals surface area contributed by atoms with E-state index in [1.807, 2.05) is 25.3 Å². The summed E-state index contributed by atoms with van der Waals surface area (Å²) in [6.45, 7) is 2.78. The van der Waals surface area contributed by atoms with Crippen molar-refractivity contribution in [1.29, 1.82) is 0 Å². The molecule has 3 aromatic rings. The normalized spacial score (nSPS) is 19.3. The van der Waals surface area contributed by atoms with Gasteiger partial charge in [-0.3, -0.25) is 4.79 Å². The van der Waals surface area contributed by atoms with E-state index in [0.29, 0.717) is 30.2 Å². The molecule has 3 N–H and O–H groups in total. The van der Waals surface area contributed by atoms with E-state index < -0.39 is 15.9 Å². The number of nitrogens with one attached hydrogen (secondary N) is 1. The number of hydrogen-bond acceptors (Lipinski definition) is 7. The second kappa shape index (κ2) is 8.40. The van der Waals surface area contributed by atoms with E-state index in [-0.39, 0.29) is 17.5 Å². The number of carbonyl (C=O) groups is 1. The van der Waals surface area contributed by atoms with E-state index in [1.165, 1.54) is 16.8 Å². The fourth-order valence-corrected chi connectivity index (χ4v) is 4.98. The Bertz CT molecular complexity index is 1260. The van der Waals surface area contributed by atoms with E-state index in [4.69, 9.17) is 10.5 Å². The van der Waals surface area contributed by atoms with Crippen molar-refractivity contribution in [3.05, 3.63) is 42.4 Å². The monoisotopic (exact) mass is 458 g/mol. The third kappa shape index (κ3) is 4.13. The highest BCUT2D eigenvalue weighted by Crippen LogP contribution is 2.32. The van der Waals surface area contributed by atoms with Gasteiger partial charge in [0.15, 0.2) is 0 Å². The molecule has 1 fully saturated rings. The topological polar surface area (TPSA) is 132 Å². The van der Waals surface area contributed by atoms with Crippen molar-refractivity contribution >= 4 is 27.1 Å². The molecule has 11 heteroatoms. The minimum atomic E-state index is -3.31. The van der Waals surface area contributed by atoms with Crippen LogP contribution in [0.2, 0.25) is 0 Å². The van der Waals surface area contributed by atoms with Gasteiger partial charge in [0.25, 0.3) is 5.91 Å². The summed E-state index contributed by atoms with van der Waals surface area (Å²) in [6.07, 6.45) is 6.97. The summed E-state index contributed by atoms with van der Waals surface area (Å²) in [6, 6.07) is 5.38. The highest BCUT2D eigenvalue weighted by atomic mass is 32.2. The molecular weight excluding hydrogens is 432 g/mol. The molecule has 0 aromatic carbocycles. The number of sulfonamides is 1. The van der Waals surface area contributed by atoms with Gasteiger partial charge >= 0.3 is 0 Å². The number of methoxy groups -OCH3 is 1. The SMILES string of the molecule is CC[C@H]1CN(S(C)(=O)=O)C[C@H]1Nc1c(C(N)=O)cnn2cc(-c3ccc(OC)nc3)cc12. The highest BCUT2D eigenvalue weighted by molar-refractivity contribution is 7.88. The first-order valence-electron chi connectivity index (χ1n) is 10.2. The van der Waals surface area contributed by atoms with Crippen molar-refractivity contribution in [2.75, 3.05) is 31.8 Å². The van der Waals surface area contributed by atoms with Crippen LogP contribution in [0.1, 0.15) is 23.7 Å². The highest BCUT2D eigenvalue weighted by Gasteiger charge is 2.36. The summed E-state index contributed by atoms with van der Waals surface area (Å²) in [7, 11) is -1.76. The minimum absolute atomic E-state index is 0.0962. The Morgan fingerprint density at radius 1 is 1.28 bits per heavy atom. The number of primary amides is 1. The van der Waals surface area contributed by atoms with Crippen LogP contribution >= 0.6 is 0 Å². The maximum Gasteiger partial charge on any atom is 0.252 e. The minimum Gasteiger partial charge on any atom is -0.481 e. The third-order valence-corrected chi connectivity index (χ3v) is 7.15. The first-order valence-corrected chi connectivity index (χ1v) is 12.1. The Labute approximate surface area is 186 Å². The summed E-state index contributed by atoms with van der Waals surface area (Å²) in [5, 5.41) is 7.75. The lowest BCUT2D eigenvalue weighted by Crippen LogP contribution is -2.32. The van der Waals surface area contributed by atoms with Crippen molar-refractivity contribution in [2.24, 2.45) is 11.7 Å². The van der Waals surface area contributed by atoms with Gasteiger partial charge in [-0.05, 0) is 18.1 Å².